The highest BCUT2D eigenvalue weighted by Crippen LogP contribution is 2.25. The first-order valence-electron chi connectivity index (χ1n) is 8.39. The van der Waals surface area contributed by atoms with E-state index in [9.17, 15) is 13.2 Å². The molecule has 2 N–H and O–H groups in total. The zero-order chi connectivity index (χ0) is 16.4. The average Bonchev–Trinajstić information content (AvgIpc) is 3.33. The van der Waals surface area contributed by atoms with Gasteiger partial charge in [0, 0.05) is 17.6 Å². The van der Waals surface area contributed by atoms with Crippen molar-refractivity contribution in [2.75, 3.05) is 0 Å². The summed E-state index contributed by atoms with van der Waals surface area (Å²) < 4.78 is 27.2. The largest absolute Gasteiger partial charge is 0.349 e. The molecule has 2 saturated carbocycles. The van der Waals surface area contributed by atoms with Gasteiger partial charge in [-0.15, -0.1) is 0 Å². The number of benzene rings is 1. The van der Waals surface area contributed by atoms with E-state index in [-0.39, 0.29) is 22.9 Å². The lowest BCUT2D eigenvalue weighted by molar-refractivity contribution is 0.0910. The first-order chi connectivity index (χ1) is 11.0. The van der Waals surface area contributed by atoms with Gasteiger partial charge in [-0.2, -0.15) is 0 Å². The number of rotatable bonds is 5. The molecule has 0 spiro atoms. The lowest BCUT2D eigenvalue weighted by Gasteiger charge is -2.29. The Labute approximate surface area is 137 Å². The van der Waals surface area contributed by atoms with Crippen molar-refractivity contribution in [3.8, 4) is 0 Å². The van der Waals surface area contributed by atoms with Gasteiger partial charge in [0.1, 0.15) is 0 Å². The molecule has 0 unspecified atom stereocenters. The number of carbonyl (C=O) groups is 1. The van der Waals surface area contributed by atoms with Gasteiger partial charge < -0.3 is 5.32 Å². The number of amides is 1. The predicted octanol–water partition coefficient (Wildman–Crippen LogP) is 2.44. The third-order valence-corrected chi connectivity index (χ3v) is 6.25. The molecule has 3 rings (SSSR count). The molecule has 0 saturated heterocycles. The molecule has 1 aromatic carbocycles. The summed E-state index contributed by atoms with van der Waals surface area (Å²) >= 11 is 0. The molecule has 5 nitrogen and oxygen atoms in total. The smallest absolute Gasteiger partial charge is 0.251 e. The van der Waals surface area contributed by atoms with Crippen LogP contribution in [-0.2, 0) is 10.0 Å². The van der Waals surface area contributed by atoms with Crippen LogP contribution >= 0.6 is 0 Å². The fourth-order valence-electron chi connectivity index (χ4n) is 3.08. The maximum Gasteiger partial charge on any atom is 0.251 e. The SMILES string of the molecule is C[C@@H]1CCCC[C@@H]1NC(=O)c1cccc(S(=O)(=O)NC2CC2)c1. The monoisotopic (exact) mass is 336 g/mol. The highest BCUT2D eigenvalue weighted by Gasteiger charge is 2.28. The minimum Gasteiger partial charge on any atom is -0.349 e. The molecule has 2 fully saturated rings. The molecule has 2 aliphatic rings. The van der Waals surface area contributed by atoms with E-state index in [1.807, 2.05) is 0 Å². The fraction of sp³-hybridized carbons (Fsp3) is 0.588. The lowest BCUT2D eigenvalue weighted by Crippen LogP contribution is -2.41. The van der Waals surface area contributed by atoms with E-state index in [4.69, 9.17) is 0 Å². The van der Waals surface area contributed by atoms with Crippen molar-refractivity contribution in [2.24, 2.45) is 5.92 Å². The molecular formula is C17H24N2O3S. The van der Waals surface area contributed by atoms with Crippen LogP contribution in [0.4, 0.5) is 0 Å². The van der Waals surface area contributed by atoms with Gasteiger partial charge in [-0.3, -0.25) is 4.79 Å². The van der Waals surface area contributed by atoms with Crippen LogP contribution in [0.2, 0.25) is 0 Å². The first-order valence-corrected chi connectivity index (χ1v) is 9.87. The highest BCUT2D eigenvalue weighted by molar-refractivity contribution is 7.89. The Morgan fingerprint density at radius 3 is 2.57 bits per heavy atom. The van der Waals surface area contributed by atoms with Crippen LogP contribution in [0.1, 0.15) is 55.8 Å². The van der Waals surface area contributed by atoms with Crippen molar-refractivity contribution >= 4 is 15.9 Å². The Bertz CT molecular complexity index is 683. The van der Waals surface area contributed by atoms with Crippen LogP contribution in [0, 0.1) is 5.92 Å². The van der Waals surface area contributed by atoms with Gasteiger partial charge in [0.25, 0.3) is 5.91 Å². The maximum atomic E-state index is 12.4. The van der Waals surface area contributed by atoms with Gasteiger partial charge >= 0.3 is 0 Å². The normalized spacial score (nSPS) is 25.1. The molecule has 0 aromatic heterocycles. The third-order valence-electron chi connectivity index (χ3n) is 4.73. The van der Waals surface area contributed by atoms with Crippen LogP contribution in [0.25, 0.3) is 0 Å². The second-order valence-electron chi connectivity index (χ2n) is 6.77. The fourth-order valence-corrected chi connectivity index (χ4v) is 4.43. The van der Waals surface area contributed by atoms with Crippen LogP contribution in [0.3, 0.4) is 0 Å². The Kier molecular flexibility index (Phi) is 4.73. The molecule has 0 aliphatic heterocycles. The van der Waals surface area contributed by atoms with Crippen molar-refractivity contribution in [1.29, 1.82) is 0 Å². The Hall–Kier alpha value is -1.40. The molecule has 23 heavy (non-hydrogen) atoms. The molecule has 126 valence electrons. The minimum atomic E-state index is -3.53. The van der Waals surface area contributed by atoms with E-state index in [1.165, 1.54) is 18.6 Å². The molecule has 2 atom stereocenters. The van der Waals surface area contributed by atoms with Crippen LogP contribution < -0.4 is 10.0 Å². The Balaban J connectivity index is 1.72. The molecule has 6 heteroatoms. The lowest BCUT2D eigenvalue weighted by atomic mass is 9.86. The minimum absolute atomic E-state index is 0.0561. The molecule has 0 heterocycles. The number of hydrogen-bond donors (Lipinski definition) is 2. The topological polar surface area (TPSA) is 75.3 Å². The van der Waals surface area contributed by atoms with Crippen molar-refractivity contribution in [3.05, 3.63) is 29.8 Å². The molecule has 1 amide bonds. The number of carbonyl (C=O) groups excluding carboxylic acids is 1. The second-order valence-corrected chi connectivity index (χ2v) is 8.48. The quantitative estimate of drug-likeness (QED) is 0.867. The van der Waals surface area contributed by atoms with Gasteiger partial charge in [0.2, 0.25) is 10.0 Å². The third kappa shape index (κ3) is 4.12. The van der Waals surface area contributed by atoms with Gasteiger partial charge in [0.05, 0.1) is 4.90 Å². The molecular weight excluding hydrogens is 312 g/mol. The van der Waals surface area contributed by atoms with Gasteiger partial charge in [-0.25, -0.2) is 13.1 Å². The van der Waals surface area contributed by atoms with Crippen LogP contribution in [-0.4, -0.2) is 26.4 Å². The van der Waals surface area contributed by atoms with Gasteiger partial charge in [-0.05, 0) is 49.8 Å². The summed E-state index contributed by atoms with van der Waals surface area (Å²) in [4.78, 5) is 12.6. The van der Waals surface area contributed by atoms with Crippen molar-refractivity contribution < 1.29 is 13.2 Å². The van der Waals surface area contributed by atoms with E-state index in [1.54, 1.807) is 12.1 Å². The average molecular weight is 336 g/mol. The zero-order valence-corrected chi connectivity index (χ0v) is 14.2. The second kappa shape index (κ2) is 6.61. The summed E-state index contributed by atoms with van der Waals surface area (Å²) in [6.07, 6.45) is 6.25. The maximum absolute atomic E-state index is 12.4. The Morgan fingerprint density at radius 2 is 1.87 bits per heavy atom. The Morgan fingerprint density at radius 1 is 1.13 bits per heavy atom. The van der Waals surface area contributed by atoms with E-state index in [0.717, 1.165) is 32.1 Å². The number of sulfonamides is 1. The molecule has 1 aromatic rings. The summed E-state index contributed by atoms with van der Waals surface area (Å²) in [5.74, 6) is 0.281. The van der Waals surface area contributed by atoms with Crippen molar-refractivity contribution in [1.82, 2.24) is 10.0 Å². The molecule has 0 radical (unpaired) electrons. The predicted molar refractivity (Wildman–Crippen MR) is 88.7 cm³/mol. The van der Waals surface area contributed by atoms with E-state index >= 15 is 0 Å². The standard InChI is InChI=1S/C17H24N2O3S/c1-12-5-2-3-8-16(12)18-17(20)13-6-4-7-15(11-13)23(21,22)19-14-9-10-14/h4,6-7,11-12,14,16,19H,2-3,5,8-10H2,1H3,(H,18,20)/t12-,16+/m1/s1. The summed E-state index contributed by atoms with van der Waals surface area (Å²) in [5.41, 5.74) is 0.404. The molecule has 0 bridgehead atoms. The number of hydrogen-bond acceptors (Lipinski definition) is 3. The summed E-state index contributed by atoms with van der Waals surface area (Å²) in [6, 6.07) is 6.53. The summed E-state index contributed by atoms with van der Waals surface area (Å²) in [7, 11) is -3.53. The van der Waals surface area contributed by atoms with Gasteiger partial charge in [0.15, 0.2) is 0 Å². The summed E-state index contributed by atoms with van der Waals surface area (Å²) in [6.45, 7) is 2.16. The van der Waals surface area contributed by atoms with Crippen molar-refractivity contribution in [3.63, 3.8) is 0 Å². The highest BCUT2D eigenvalue weighted by atomic mass is 32.2. The number of nitrogens with one attached hydrogen (secondary N) is 2. The van der Waals surface area contributed by atoms with Gasteiger partial charge in [-0.1, -0.05) is 25.8 Å². The van der Waals surface area contributed by atoms with E-state index < -0.39 is 10.0 Å². The van der Waals surface area contributed by atoms with E-state index in [0.29, 0.717) is 11.5 Å². The van der Waals surface area contributed by atoms with E-state index in [2.05, 4.69) is 17.0 Å². The van der Waals surface area contributed by atoms with Crippen molar-refractivity contribution in [2.45, 2.75) is 62.4 Å². The first kappa shape index (κ1) is 16.5. The van der Waals surface area contributed by atoms with Crippen LogP contribution in [0.15, 0.2) is 29.2 Å². The molecule has 2 aliphatic carbocycles. The summed E-state index contributed by atoms with van der Waals surface area (Å²) in [5, 5.41) is 3.06. The zero-order valence-electron chi connectivity index (χ0n) is 13.4. The van der Waals surface area contributed by atoms with Crippen LogP contribution in [0.5, 0.6) is 0 Å².